The van der Waals surface area contributed by atoms with Gasteiger partial charge in [-0.15, -0.1) is 0 Å². The second-order valence-corrected chi connectivity index (χ2v) is 6.81. The van der Waals surface area contributed by atoms with Gasteiger partial charge in [0.1, 0.15) is 5.75 Å². The maximum atomic E-state index is 12.9. The van der Waals surface area contributed by atoms with E-state index in [1.54, 1.807) is 7.11 Å². The first-order chi connectivity index (χ1) is 12.7. The van der Waals surface area contributed by atoms with Crippen LogP contribution >= 0.6 is 0 Å². The van der Waals surface area contributed by atoms with Gasteiger partial charge in [-0.2, -0.15) is 0 Å². The van der Waals surface area contributed by atoms with E-state index in [0.717, 1.165) is 44.6 Å². The van der Waals surface area contributed by atoms with Crippen LogP contribution in [0.5, 0.6) is 5.75 Å². The fraction of sp³-hybridized carbons (Fsp3) is 0.429. The van der Waals surface area contributed by atoms with Crippen LogP contribution in [0.15, 0.2) is 48.7 Å². The van der Waals surface area contributed by atoms with Gasteiger partial charge in [-0.25, -0.2) is 0 Å². The number of benzene rings is 1. The number of nitrogens with zero attached hydrogens (tertiary/aromatic N) is 3. The van der Waals surface area contributed by atoms with Crippen molar-refractivity contribution < 1.29 is 9.53 Å². The van der Waals surface area contributed by atoms with Crippen LogP contribution in [0.25, 0.3) is 0 Å². The summed E-state index contributed by atoms with van der Waals surface area (Å²) in [4.78, 5) is 21.7. The molecule has 0 saturated carbocycles. The van der Waals surface area contributed by atoms with Crippen LogP contribution in [0.4, 0.5) is 0 Å². The normalized spacial score (nSPS) is 17.8. The Hall–Kier alpha value is -2.40. The van der Waals surface area contributed by atoms with Crippen molar-refractivity contribution in [2.24, 2.45) is 0 Å². The minimum Gasteiger partial charge on any atom is -0.496 e. The van der Waals surface area contributed by atoms with Gasteiger partial charge in [0, 0.05) is 31.9 Å². The number of amides is 1. The molecular weight excluding hydrogens is 326 g/mol. The number of carbonyl (C=O) groups is 1. The van der Waals surface area contributed by atoms with E-state index in [4.69, 9.17) is 4.74 Å². The van der Waals surface area contributed by atoms with E-state index in [-0.39, 0.29) is 5.91 Å². The van der Waals surface area contributed by atoms with E-state index in [0.29, 0.717) is 17.4 Å². The van der Waals surface area contributed by atoms with Gasteiger partial charge in [-0.1, -0.05) is 18.2 Å². The van der Waals surface area contributed by atoms with Crippen LogP contribution < -0.4 is 4.74 Å². The number of para-hydroxylation sites is 1. The first kappa shape index (κ1) is 18.4. The largest absolute Gasteiger partial charge is 0.496 e. The average Bonchev–Trinajstić information content (AvgIpc) is 2.94. The average molecular weight is 353 g/mol. The van der Waals surface area contributed by atoms with E-state index in [1.807, 2.05) is 47.5 Å². The molecule has 0 aliphatic carbocycles. The molecule has 0 N–H and O–H groups in total. The van der Waals surface area contributed by atoms with Crippen LogP contribution in [0.1, 0.15) is 35.3 Å². The Balaban J connectivity index is 1.62. The van der Waals surface area contributed by atoms with Crippen molar-refractivity contribution in [1.82, 2.24) is 14.8 Å². The quantitative estimate of drug-likeness (QED) is 0.828. The zero-order chi connectivity index (χ0) is 18.4. The lowest BCUT2D eigenvalue weighted by Crippen LogP contribution is -2.35. The van der Waals surface area contributed by atoms with Crippen molar-refractivity contribution in [1.29, 1.82) is 0 Å². The summed E-state index contributed by atoms with van der Waals surface area (Å²) in [7, 11) is 3.76. The fourth-order valence-electron chi connectivity index (χ4n) is 3.59. The summed E-state index contributed by atoms with van der Waals surface area (Å²) in [6.07, 6.45) is 4.92. The summed E-state index contributed by atoms with van der Waals surface area (Å²) >= 11 is 0. The fourth-order valence-corrected chi connectivity index (χ4v) is 3.59. The number of aromatic nitrogens is 1. The highest BCUT2D eigenvalue weighted by atomic mass is 16.5. The molecule has 1 aromatic heterocycles. The number of pyridine rings is 1. The molecule has 138 valence electrons. The number of ether oxygens (including phenoxy) is 1. The predicted octanol–water partition coefficient (Wildman–Crippen LogP) is 3.22. The third-order valence-corrected chi connectivity index (χ3v) is 5.08. The molecule has 1 unspecified atom stereocenters. The minimum absolute atomic E-state index is 0.0653. The molecule has 1 aliphatic rings. The molecule has 5 heteroatoms. The van der Waals surface area contributed by atoms with Gasteiger partial charge in [0.05, 0.1) is 18.4 Å². The van der Waals surface area contributed by atoms with Gasteiger partial charge in [0.2, 0.25) is 0 Å². The SMILES string of the molecule is COc1ccccc1C(=O)N1CCCC(N(C)Cc2ccccn2)CC1. The highest BCUT2D eigenvalue weighted by Gasteiger charge is 2.25. The number of rotatable bonds is 5. The van der Waals surface area contributed by atoms with E-state index in [1.165, 1.54) is 0 Å². The molecule has 2 aromatic rings. The van der Waals surface area contributed by atoms with Gasteiger partial charge < -0.3 is 9.64 Å². The van der Waals surface area contributed by atoms with Gasteiger partial charge in [-0.05, 0) is 50.6 Å². The summed E-state index contributed by atoms with van der Waals surface area (Å²) in [5.41, 5.74) is 1.73. The monoisotopic (exact) mass is 353 g/mol. The van der Waals surface area contributed by atoms with E-state index in [9.17, 15) is 4.79 Å². The zero-order valence-corrected chi connectivity index (χ0v) is 15.6. The third-order valence-electron chi connectivity index (χ3n) is 5.08. The summed E-state index contributed by atoms with van der Waals surface area (Å²) in [5.74, 6) is 0.709. The number of hydrogen-bond donors (Lipinski definition) is 0. The second kappa shape index (κ2) is 8.81. The Kier molecular flexibility index (Phi) is 6.23. The summed E-state index contributed by atoms with van der Waals surface area (Å²) < 4.78 is 5.35. The minimum atomic E-state index is 0.0653. The Labute approximate surface area is 155 Å². The molecule has 2 heterocycles. The second-order valence-electron chi connectivity index (χ2n) is 6.81. The van der Waals surface area contributed by atoms with Crippen molar-refractivity contribution in [2.75, 3.05) is 27.2 Å². The summed E-state index contributed by atoms with van der Waals surface area (Å²) in [6.45, 7) is 2.41. The van der Waals surface area contributed by atoms with Crippen molar-refractivity contribution in [2.45, 2.75) is 31.8 Å². The van der Waals surface area contributed by atoms with Crippen LogP contribution in [-0.2, 0) is 6.54 Å². The molecule has 1 fully saturated rings. The molecular formula is C21H27N3O2. The van der Waals surface area contributed by atoms with Crippen molar-refractivity contribution in [3.8, 4) is 5.75 Å². The zero-order valence-electron chi connectivity index (χ0n) is 15.6. The predicted molar refractivity (Wildman–Crippen MR) is 102 cm³/mol. The van der Waals surface area contributed by atoms with Crippen molar-refractivity contribution in [3.05, 3.63) is 59.9 Å². The lowest BCUT2D eigenvalue weighted by Gasteiger charge is -2.27. The van der Waals surface area contributed by atoms with E-state index in [2.05, 4.69) is 23.0 Å². The number of likely N-dealkylation sites (tertiary alicyclic amines) is 1. The smallest absolute Gasteiger partial charge is 0.257 e. The Bertz CT molecular complexity index is 720. The Morgan fingerprint density at radius 3 is 2.77 bits per heavy atom. The molecule has 1 aliphatic heterocycles. The van der Waals surface area contributed by atoms with Crippen molar-refractivity contribution >= 4 is 5.91 Å². The van der Waals surface area contributed by atoms with Crippen LogP contribution in [-0.4, -0.2) is 54.0 Å². The first-order valence-electron chi connectivity index (χ1n) is 9.21. The standard InChI is InChI=1S/C21H27N3O2/c1-23(16-17-8-5-6-13-22-17)18-9-7-14-24(15-12-18)21(25)19-10-3-4-11-20(19)26-2/h3-6,8,10-11,13,18H,7,9,12,14-16H2,1-2H3. The van der Waals surface area contributed by atoms with Gasteiger partial charge in [0.25, 0.3) is 5.91 Å². The van der Waals surface area contributed by atoms with Gasteiger partial charge in [-0.3, -0.25) is 14.7 Å². The molecule has 1 amide bonds. The van der Waals surface area contributed by atoms with E-state index < -0.39 is 0 Å². The Morgan fingerprint density at radius 2 is 2.00 bits per heavy atom. The van der Waals surface area contributed by atoms with Crippen LogP contribution in [0.3, 0.4) is 0 Å². The molecule has 3 rings (SSSR count). The number of carbonyl (C=O) groups excluding carboxylic acids is 1. The van der Waals surface area contributed by atoms with Crippen molar-refractivity contribution in [3.63, 3.8) is 0 Å². The molecule has 1 saturated heterocycles. The Morgan fingerprint density at radius 1 is 1.19 bits per heavy atom. The van der Waals surface area contributed by atoms with Crippen LogP contribution in [0, 0.1) is 0 Å². The van der Waals surface area contributed by atoms with E-state index >= 15 is 0 Å². The maximum Gasteiger partial charge on any atom is 0.257 e. The molecule has 0 radical (unpaired) electrons. The summed E-state index contributed by atoms with van der Waals surface area (Å²) in [6, 6.07) is 14.0. The summed E-state index contributed by atoms with van der Waals surface area (Å²) in [5, 5.41) is 0. The first-order valence-corrected chi connectivity index (χ1v) is 9.21. The molecule has 26 heavy (non-hydrogen) atoms. The molecule has 1 atom stereocenters. The molecule has 1 aromatic carbocycles. The molecule has 5 nitrogen and oxygen atoms in total. The highest BCUT2D eigenvalue weighted by molar-refractivity contribution is 5.96. The third kappa shape index (κ3) is 4.41. The lowest BCUT2D eigenvalue weighted by molar-refractivity contribution is 0.0754. The van der Waals surface area contributed by atoms with Crippen LogP contribution in [0.2, 0.25) is 0 Å². The maximum absolute atomic E-state index is 12.9. The lowest BCUT2D eigenvalue weighted by atomic mass is 10.1. The molecule has 0 spiro atoms. The number of methoxy groups -OCH3 is 1. The van der Waals surface area contributed by atoms with Gasteiger partial charge in [0.15, 0.2) is 0 Å². The highest BCUT2D eigenvalue weighted by Crippen LogP contribution is 2.23. The topological polar surface area (TPSA) is 45.7 Å². The molecule has 0 bridgehead atoms. The van der Waals surface area contributed by atoms with Gasteiger partial charge >= 0.3 is 0 Å². The number of hydrogen-bond acceptors (Lipinski definition) is 4.